The van der Waals surface area contributed by atoms with E-state index in [1.165, 1.54) is 6.07 Å². The lowest BCUT2D eigenvalue weighted by atomic mass is 9.97. The molecule has 1 unspecified atom stereocenters. The maximum atomic E-state index is 13.7. The van der Waals surface area contributed by atoms with Crippen molar-refractivity contribution in [3.8, 4) is 0 Å². The zero-order valence-corrected chi connectivity index (χ0v) is 9.90. The average Bonchev–Trinajstić information content (AvgIpc) is 2.86. The summed E-state index contributed by atoms with van der Waals surface area (Å²) in [5, 5.41) is 11.0. The Morgan fingerprint density at radius 1 is 0.947 bits per heavy atom. The van der Waals surface area contributed by atoms with E-state index in [4.69, 9.17) is 0 Å². The topological polar surface area (TPSA) is 36.0 Å². The van der Waals surface area contributed by atoms with Crippen molar-refractivity contribution >= 4 is 10.9 Å². The Morgan fingerprint density at radius 2 is 1.63 bits per heavy atom. The quantitative estimate of drug-likeness (QED) is 0.725. The van der Waals surface area contributed by atoms with E-state index >= 15 is 0 Å². The van der Waals surface area contributed by atoms with E-state index < -0.39 is 17.7 Å². The Kier molecular flexibility index (Phi) is 2.80. The first kappa shape index (κ1) is 11.9. The van der Waals surface area contributed by atoms with Crippen LogP contribution in [0.4, 0.5) is 8.78 Å². The third-order valence-electron chi connectivity index (χ3n) is 3.20. The lowest BCUT2D eigenvalue weighted by molar-refractivity contribution is 0.210. The van der Waals surface area contributed by atoms with Crippen molar-refractivity contribution in [1.29, 1.82) is 0 Å². The van der Waals surface area contributed by atoms with Crippen LogP contribution in [-0.4, -0.2) is 10.1 Å². The predicted molar refractivity (Wildman–Crippen MR) is 68.7 cm³/mol. The van der Waals surface area contributed by atoms with Gasteiger partial charge in [-0.25, -0.2) is 8.78 Å². The number of aliphatic hydroxyl groups is 1. The molecule has 0 aliphatic carbocycles. The molecular formula is C15H11F2NO. The molecule has 0 fully saturated rings. The molecule has 3 aromatic rings. The first-order chi connectivity index (χ1) is 9.18. The summed E-state index contributed by atoms with van der Waals surface area (Å²) in [6.07, 6.45) is 0.388. The van der Waals surface area contributed by atoms with Gasteiger partial charge in [0.1, 0.15) is 17.7 Å². The van der Waals surface area contributed by atoms with E-state index in [-0.39, 0.29) is 5.56 Å². The van der Waals surface area contributed by atoms with Gasteiger partial charge in [-0.1, -0.05) is 18.2 Å². The van der Waals surface area contributed by atoms with E-state index in [0.29, 0.717) is 5.56 Å². The molecule has 0 saturated carbocycles. The normalized spacial score (nSPS) is 12.8. The van der Waals surface area contributed by atoms with Crippen LogP contribution in [0, 0.1) is 11.6 Å². The van der Waals surface area contributed by atoms with Crippen LogP contribution >= 0.6 is 0 Å². The lowest BCUT2D eigenvalue weighted by Gasteiger charge is -2.14. The lowest BCUT2D eigenvalue weighted by Crippen LogP contribution is -2.06. The Balaban J connectivity index is 2.19. The number of hydrogen-bond acceptors (Lipinski definition) is 1. The average molecular weight is 259 g/mol. The van der Waals surface area contributed by atoms with Crippen molar-refractivity contribution in [2.24, 2.45) is 0 Å². The van der Waals surface area contributed by atoms with Gasteiger partial charge >= 0.3 is 0 Å². The summed E-state index contributed by atoms with van der Waals surface area (Å²) in [6.45, 7) is 0. The molecule has 4 heteroatoms. The molecule has 1 atom stereocenters. The number of halogens is 2. The maximum Gasteiger partial charge on any atom is 0.132 e. The number of aromatic nitrogens is 1. The van der Waals surface area contributed by atoms with Crippen LogP contribution in [0.3, 0.4) is 0 Å². The fourth-order valence-corrected chi connectivity index (χ4v) is 2.28. The largest absolute Gasteiger partial charge is 0.383 e. The maximum absolute atomic E-state index is 13.7. The van der Waals surface area contributed by atoms with Crippen LogP contribution in [0.15, 0.2) is 48.7 Å². The van der Waals surface area contributed by atoms with Crippen molar-refractivity contribution in [3.05, 3.63) is 71.4 Å². The van der Waals surface area contributed by atoms with Gasteiger partial charge in [-0.15, -0.1) is 0 Å². The highest BCUT2D eigenvalue weighted by atomic mass is 19.1. The fourth-order valence-electron chi connectivity index (χ4n) is 2.28. The molecule has 0 amide bonds. The molecule has 0 aliphatic rings. The third-order valence-corrected chi connectivity index (χ3v) is 3.20. The van der Waals surface area contributed by atoms with Gasteiger partial charge in [0, 0.05) is 17.1 Å². The Labute approximate surface area is 108 Å². The summed E-state index contributed by atoms with van der Waals surface area (Å²) in [5.74, 6) is -1.50. The van der Waals surface area contributed by atoms with E-state index in [0.717, 1.165) is 23.0 Å². The highest BCUT2D eigenvalue weighted by molar-refractivity contribution is 5.83. The Morgan fingerprint density at radius 3 is 2.37 bits per heavy atom. The molecule has 2 N–H and O–H groups in total. The standard InChI is InChI=1S/C15H11F2NO/c16-11-4-2-5-12(17)14(11)15(19)10-3-1-6-13-9(10)7-8-18-13/h1-8,15,18-19H. The SMILES string of the molecule is OC(c1c(F)cccc1F)c1cccc2[nH]ccc12. The van der Waals surface area contributed by atoms with E-state index in [1.54, 1.807) is 24.4 Å². The van der Waals surface area contributed by atoms with Crippen LogP contribution in [0.25, 0.3) is 10.9 Å². The summed E-state index contributed by atoms with van der Waals surface area (Å²) >= 11 is 0. The number of fused-ring (bicyclic) bond motifs is 1. The summed E-state index contributed by atoms with van der Waals surface area (Å²) in [4.78, 5) is 3.00. The molecule has 3 rings (SSSR count). The number of aliphatic hydroxyl groups excluding tert-OH is 1. The molecule has 19 heavy (non-hydrogen) atoms. The second-order valence-corrected chi connectivity index (χ2v) is 4.32. The molecule has 0 bridgehead atoms. The van der Waals surface area contributed by atoms with E-state index in [9.17, 15) is 13.9 Å². The molecule has 0 aliphatic heterocycles. The molecule has 0 saturated heterocycles. The van der Waals surface area contributed by atoms with Gasteiger partial charge in [0.25, 0.3) is 0 Å². The van der Waals surface area contributed by atoms with Gasteiger partial charge in [0.05, 0.1) is 5.56 Å². The van der Waals surface area contributed by atoms with Crippen molar-refractivity contribution in [2.45, 2.75) is 6.10 Å². The summed E-state index contributed by atoms with van der Waals surface area (Å²) in [7, 11) is 0. The van der Waals surface area contributed by atoms with Crippen LogP contribution in [-0.2, 0) is 0 Å². The first-order valence-electron chi connectivity index (χ1n) is 5.86. The number of H-pyrrole nitrogens is 1. The monoisotopic (exact) mass is 259 g/mol. The van der Waals surface area contributed by atoms with Crippen LogP contribution in [0.2, 0.25) is 0 Å². The van der Waals surface area contributed by atoms with Crippen molar-refractivity contribution < 1.29 is 13.9 Å². The third kappa shape index (κ3) is 1.90. The van der Waals surface area contributed by atoms with Gasteiger partial charge in [-0.2, -0.15) is 0 Å². The van der Waals surface area contributed by atoms with Crippen LogP contribution in [0.1, 0.15) is 17.2 Å². The zero-order valence-electron chi connectivity index (χ0n) is 9.90. The van der Waals surface area contributed by atoms with E-state index in [1.807, 2.05) is 6.07 Å². The molecule has 0 spiro atoms. The van der Waals surface area contributed by atoms with Crippen molar-refractivity contribution in [1.82, 2.24) is 4.98 Å². The minimum atomic E-state index is -1.33. The number of aromatic amines is 1. The summed E-state index contributed by atoms with van der Waals surface area (Å²) in [5.41, 5.74) is 0.965. The number of rotatable bonds is 2. The van der Waals surface area contributed by atoms with Crippen molar-refractivity contribution in [2.75, 3.05) is 0 Å². The predicted octanol–water partition coefficient (Wildman–Crippen LogP) is 3.53. The minimum Gasteiger partial charge on any atom is -0.383 e. The van der Waals surface area contributed by atoms with Gasteiger partial charge in [0.15, 0.2) is 0 Å². The first-order valence-corrected chi connectivity index (χ1v) is 5.86. The highest BCUT2D eigenvalue weighted by Gasteiger charge is 2.21. The Hall–Kier alpha value is -2.20. The number of nitrogens with one attached hydrogen (secondary N) is 1. The molecule has 2 nitrogen and oxygen atoms in total. The smallest absolute Gasteiger partial charge is 0.132 e. The molecule has 2 aromatic carbocycles. The van der Waals surface area contributed by atoms with Gasteiger partial charge in [-0.3, -0.25) is 0 Å². The van der Waals surface area contributed by atoms with Gasteiger partial charge in [0.2, 0.25) is 0 Å². The van der Waals surface area contributed by atoms with Crippen molar-refractivity contribution in [3.63, 3.8) is 0 Å². The van der Waals surface area contributed by atoms with Crippen LogP contribution in [0.5, 0.6) is 0 Å². The second kappa shape index (κ2) is 4.48. The summed E-state index contributed by atoms with van der Waals surface area (Å²) in [6, 6.07) is 10.5. The molecule has 0 radical (unpaired) electrons. The molecule has 96 valence electrons. The number of benzene rings is 2. The summed E-state index contributed by atoms with van der Waals surface area (Å²) < 4.78 is 27.4. The molecule has 1 heterocycles. The van der Waals surface area contributed by atoms with Gasteiger partial charge < -0.3 is 10.1 Å². The molecular weight excluding hydrogens is 248 g/mol. The van der Waals surface area contributed by atoms with Gasteiger partial charge in [-0.05, 0) is 29.8 Å². The number of hydrogen-bond donors (Lipinski definition) is 2. The fraction of sp³-hybridized carbons (Fsp3) is 0.0667. The molecule has 1 aromatic heterocycles. The minimum absolute atomic E-state index is 0.323. The van der Waals surface area contributed by atoms with E-state index in [2.05, 4.69) is 4.98 Å². The Bertz CT molecular complexity index is 716. The van der Waals surface area contributed by atoms with Crippen LogP contribution < -0.4 is 0 Å². The second-order valence-electron chi connectivity index (χ2n) is 4.32. The highest BCUT2D eigenvalue weighted by Crippen LogP contribution is 2.31. The zero-order chi connectivity index (χ0) is 13.4.